The molecule has 1 aliphatic rings. The summed E-state index contributed by atoms with van der Waals surface area (Å²) in [5.41, 5.74) is 1.44. The number of hydrogen-bond acceptors (Lipinski definition) is 9. The smallest absolute Gasteiger partial charge is 0.437 e. The maximum Gasteiger partial charge on any atom is 0.514 e. The van der Waals surface area contributed by atoms with Crippen LogP contribution in [0.5, 0.6) is 5.88 Å². The van der Waals surface area contributed by atoms with Crippen molar-refractivity contribution in [1.82, 2.24) is 29.6 Å². The molecule has 0 radical (unpaired) electrons. The Kier molecular flexibility index (Phi) is 6.69. The van der Waals surface area contributed by atoms with Crippen molar-refractivity contribution in [1.29, 1.82) is 0 Å². The number of halogens is 3. The van der Waals surface area contributed by atoms with E-state index in [2.05, 4.69) is 24.8 Å². The molecule has 1 N–H and O–H groups in total. The zero-order chi connectivity index (χ0) is 27.0. The summed E-state index contributed by atoms with van der Waals surface area (Å²) < 4.78 is 51.4. The van der Waals surface area contributed by atoms with Crippen LogP contribution in [0, 0.1) is 0 Å². The number of carbonyl (C=O) groups excluding carboxylic acids is 2. The van der Waals surface area contributed by atoms with E-state index >= 15 is 0 Å². The minimum atomic E-state index is -4.60. The highest BCUT2D eigenvalue weighted by molar-refractivity contribution is 7.16. The molecule has 200 valence electrons. The van der Waals surface area contributed by atoms with Gasteiger partial charge >= 0.3 is 12.3 Å². The average Bonchev–Trinajstić information content (AvgIpc) is 3.61. The van der Waals surface area contributed by atoms with Gasteiger partial charge in [0.15, 0.2) is 5.82 Å². The molecule has 15 heteroatoms. The van der Waals surface area contributed by atoms with Gasteiger partial charge in [-0.1, -0.05) is 23.5 Å². The van der Waals surface area contributed by atoms with Gasteiger partial charge in [-0.3, -0.25) is 9.48 Å². The lowest BCUT2D eigenvalue weighted by Crippen LogP contribution is -2.54. The summed E-state index contributed by atoms with van der Waals surface area (Å²) in [7, 11) is 1.17. The molecule has 4 aromatic rings. The number of anilines is 1. The molecule has 0 bridgehead atoms. The van der Waals surface area contributed by atoms with Crippen molar-refractivity contribution in [3.8, 4) is 17.4 Å². The Morgan fingerprint density at radius 3 is 2.68 bits per heavy atom. The maximum absolute atomic E-state index is 13.6. The molecule has 11 nitrogen and oxygen atoms in total. The summed E-state index contributed by atoms with van der Waals surface area (Å²) in [6, 6.07) is 8.28. The number of fused-ring (bicyclic) bond motifs is 1. The number of thiazole rings is 1. The molecule has 0 saturated carbocycles. The number of aromatic nitrogens is 5. The summed E-state index contributed by atoms with van der Waals surface area (Å²) in [5.74, 6) is 0.0109. The van der Waals surface area contributed by atoms with Gasteiger partial charge in [-0.2, -0.15) is 13.2 Å². The van der Waals surface area contributed by atoms with Gasteiger partial charge in [0.25, 0.3) is 0 Å². The zero-order valence-electron chi connectivity index (χ0n) is 20.2. The number of H-pyrrole nitrogens is 1. The number of para-hydroxylation sites is 2. The number of nitrogens with one attached hydrogen (secondary N) is 1. The first-order valence-electron chi connectivity index (χ1n) is 11.5. The van der Waals surface area contributed by atoms with Gasteiger partial charge in [0.2, 0.25) is 16.8 Å². The molecule has 5 rings (SSSR count). The third-order valence-corrected chi connectivity index (χ3v) is 7.13. The summed E-state index contributed by atoms with van der Waals surface area (Å²) in [5, 5.41) is 3.40. The molecule has 0 spiro atoms. The summed E-state index contributed by atoms with van der Waals surface area (Å²) in [4.78, 5) is 39.1. The Balaban J connectivity index is 1.33. The quantitative estimate of drug-likeness (QED) is 0.374. The van der Waals surface area contributed by atoms with E-state index in [9.17, 15) is 22.8 Å². The van der Waals surface area contributed by atoms with Gasteiger partial charge in [-0.15, -0.1) is 5.10 Å². The molecule has 4 heterocycles. The minimum Gasteiger partial charge on any atom is -0.437 e. The normalized spacial score (nSPS) is 16.2. The molecule has 1 aromatic carbocycles. The Labute approximate surface area is 217 Å². The zero-order valence-corrected chi connectivity index (χ0v) is 21.0. The average molecular weight is 550 g/mol. The largest absolute Gasteiger partial charge is 0.514 e. The molecule has 1 amide bonds. The number of benzene rings is 1. The molecular weight excluding hydrogens is 527 g/mol. The van der Waals surface area contributed by atoms with Crippen LogP contribution >= 0.6 is 11.3 Å². The fourth-order valence-electron chi connectivity index (χ4n) is 4.22. The Morgan fingerprint density at radius 2 is 1.97 bits per heavy atom. The fourth-order valence-corrected chi connectivity index (χ4v) is 5.19. The van der Waals surface area contributed by atoms with Crippen molar-refractivity contribution < 1.29 is 32.2 Å². The Bertz CT molecular complexity index is 1450. The van der Waals surface area contributed by atoms with Gasteiger partial charge in [0.05, 0.1) is 18.1 Å². The van der Waals surface area contributed by atoms with E-state index in [4.69, 9.17) is 4.74 Å². The second-order valence-corrected chi connectivity index (χ2v) is 9.54. The van der Waals surface area contributed by atoms with Crippen molar-refractivity contribution in [2.75, 3.05) is 31.6 Å². The highest BCUT2D eigenvalue weighted by Gasteiger charge is 2.39. The van der Waals surface area contributed by atoms with E-state index < -0.39 is 17.3 Å². The lowest BCUT2D eigenvalue weighted by molar-refractivity contribution is -0.137. The monoisotopic (exact) mass is 549 g/mol. The minimum absolute atomic E-state index is 0.00806. The van der Waals surface area contributed by atoms with E-state index in [1.165, 1.54) is 24.1 Å². The van der Waals surface area contributed by atoms with E-state index in [0.717, 1.165) is 0 Å². The maximum atomic E-state index is 13.6. The summed E-state index contributed by atoms with van der Waals surface area (Å²) in [6.07, 6.45) is -4.04. The second-order valence-electron chi connectivity index (χ2n) is 8.56. The molecule has 1 atom stereocenters. The molecular formula is C23H22F3N7O4S. The van der Waals surface area contributed by atoms with E-state index in [1.807, 2.05) is 13.0 Å². The van der Waals surface area contributed by atoms with Gasteiger partial charge in [0, 0.05) is 37.9 Å². The number of aromatic amines is 1. The topological polar surface area (TPSA) is 118 Å². The number of amides is 1. The molecule has 1 fully saturated rings. The molecule has 0 aliphatic carbocycles. The summed E-state index contributed by atoms with van der Waals surface area (Å²) in [6.45, 7) is 2.61. The highest BCUT2D eigenvalue weighted by atomic mass is 32.1. The Hall–Kier alpha value is -4.14. The highest BCUT2D eigenvalue weighted by Crippen LogP contribution is 2.42. The van der Waals surface area contributed by atoms with Crippen molar-refractivity contribution in [3.05, 3.63) is 41.5 Å². The van der Waals surface area contributed by atoms with Crippen LogP contribution in [0.2, 0.25) is 0 Å². The lowest BCUT2D eigenvalue weighted by Gasteiger charge is -2.40. The first-order valence-corrected chi connectivity index (χ1v) is 12.3. The van der Waals surface area contributed by atoms with Crippen LogP contribution in [-0.4, -0.2) is 74.5 Å². The predicted molar refractivity (Wildman–Crippen MR) is 131 cm³/mol. The van der Waals surface area contributed by atoms with Crippen LogP contribution in [0.4, 0.5) is 23.0 Å². The number of imidazole rings is 1. The van der Waals surface area contributed by atoms with Crippen molar-refractivity contribution in [2.24, 2.45) is 0 Å². The van der Waals surface area contributed by atoms with E-state index in [1.54, 1.807) is 28.0 Å². The third kappa shape index (κ3) is 5.14. The first kappa shape index (κ1) is 25.5. The van der Waals surface area contributed by atoms with Crippen LogP contribution in [-0.2, 0) is 22.3 Å². The van der Waals surface area contributed by atoms with E-state index in [-0.39, 0.29) is 42.4 Å². The molecule has 38 heavy (non-hydrogen) atoms. The van der Waals surface area contributed by atoms with Crippen LogP contribution in [0.15, 0.2) is 36.5 Å². The number of hydrogen-bond donors (Lipinski definition) is 1. The van der Waals surface area contributed by atoms with Crippen molar-refractivity contribution >= 4 is 39.4 Å². The van der Waals surface area contributed by atoms with Crippen LogP contribution in [0.3, 0.4) is 0 Å². The first-order chi connectivity index (χ1) is 18.1. The van der Waals surface area contributed by atoms with Crippen molar-refractivity contribution in [3.63, 3.8) is 0 Å². The standard InChI is InChI=1S/C23H22F3N7O4S/c1-13-11-31(9-10-33(13)17(34)12-32-8-7-16(30-32)37-22(35)36-2)20-18(29-21(38-20)23(24,25)26)19-27-14-5-3-4-6-15(14)28-19/h3-8,13H,9-12H2,1-2H3,(H,27,28)/t13-/m1/s1. The molecule has 1 aliphatic heterocycles. The third-order valence-electron chi connectivity index (χ3n) is 5.97. The number of alkyl halides is 3. The lowest BCUT2D eigenvalue weighted by atomic mass is 10.2. The number of methoxy groups -OCH3 is 1. The number of nitrogens with zero attached hydrogens (tertiary/aromatic N) is 6. The molecule has 3 aromatic heterocycles. The van der Waals surface area contributed by atoms with Gasteiger partial charge in [-0.05, 0) is 19.1 Å². The van der Waals surface area contributed by atoms with Crippen LogP contribution in [0.1, 0.15) is 11.9 Å². The van der Waals surface area contributed by atoms with Crippen molar-refractivity contribution in [2.45, 2.75) is 25.7 Å². The SMILES string of the molecule is COC(=O)Oc1ccn(CC(=O)N2CCN(c3sc(C(F)(F)F)nc3-c3nc4ccccc4[nH]3)C[C@H]2C)n1. The molecule has 0 unspecified atom stereocenters. The van der Waals surface area contributed by atoms with Gasteiger partial charge in [0.1, 0.15) is 17.2 Å². The number of ether oxygens (including phenoxy) is 2. The molecule has 1 saturated heterocycles. The number of rotatable bonds is 5. The summed E-state index contributed by atoms with van der Waals surface area (Å²) >= 11 is 0.562. The fraction of sp³-hybridized carbons (Fsp3) is 0.348. The van der Waals surface area contributed by atoms with Gasteiger partial charge in [-0.25, -0.2) is 14.8 Å². The number of carbonyl (C=O) groups is 2. The second kappa shape index (κ2) is 9.96. The van der Waals surface area contributed by atoms with E-state index in [0.29, 0.717) is 40.5 Å². The number of piperazine rings is 1. The predicted octanol–water partition coefficient (Wildman–Crippen LogP) is 3.78. The van der Waals surface area contributed by atoms with Crippen LogP contribution < -0.4 is 9.64 Å². The van der Waals surface area contributed by atoms with Gasteiger partial charge < -0.3 is 24.3 Å². The Morgan fingerprint density at radius 1 is 1.18 bits per heavy atom. The van der Waals surface area contributed by atoms with Crippen LogP contribution in [0.25, 0.3) is 22.6 Å².